The number of sulfonamides is 1. The highest BCUT2D eigenvalue weighted by Crippen LogP contribution is 2.19. The Morgan fingerprint density at radius 2 is 1.50 bits per heavy atom. The minimum absolute atomic E-state index is 0.0551. The number of carbonyl (C=O) groups is 2. The fraction of sp³-hybridized carbons (Fsp3) is 0.417. The van der Waals surface area contributed by atoms with Gasteiger partial charge in [-0.3, -0.25) is 9.59 Å². The van der Waals surface area contributed by atoms with Crippen LogP contribution >= 0.6 is 0 Å². The molecule has 2 fully saturated rings. The van der Waals surface area contributed by atoms with E-state index in [4.69, 9.17) is 4.74 Å². The number of rotatable bonds is 6. The van der Waals surface area contributed by atoms with E-state index >= 15 is 0 Å². The highest BCUT2D eigenvalue weighted by molar-refractivity contribution is 7.89. The van der Waals surface area contributed by atoms with Gasteiger partial charge in [0.25, 0.3) is 5.91 Å². The van der Waals surface area contributed by atoms with E-state index in [0.717, 1.165) is 37.6 Å². The molecular formula is C24H30N4O5S. The number of morpholine rings is 1. The van der Waals surface area contributed by atoms with E-state index in [1.807, 2.05) is 24.3 Å². The molecule has 0 bridgehead atoms. The molecule has 2 aliphatic rings. The third-order valence-electron chi connectivity index (χ3n) is 6.20. The number of ether oxygens (including phenoxy) is 1. The third kappa shape index (κ3) is 5.57. The summed E-state index contributed by atoms with van der Waals surface area (Å²) in [6, 6.07) is 14.0. The molecule has 2 aromatic rings. The number of hydrogen-bond acceptors (Lipinski definition) is 6. The van der Waals surface area contributed by atoms with Gasteiger partial charge in [0.1, 0.15) is 0 Å². The number of anilines is 1. The molecule has 0 saturated carbocycles. The first kappa shape index (κ1) is 24.2. The molecule has 2 saturated heterocycles. The van der Waals surface area contributed by atoms with Crippen LogP contribution in [0, 0.1) is 0 Å². The van der Waals surface area contributed by atoms with Crippen LogP contribution in [-0.4, -0.2) is 81.9 Å². The number of carbonyl (C=O) groups excluding carboxylic acids is 2. The molecule has 182 valence electrons. The van der Waals surface area contributed by atoms with Gasteiger partial charge in [0.2, 0.25) is 15.9 Å². The number of hydrogen-bond donors (Lipinski definition) is 1. The summed E-state index contributed by atoms with van der Waals surface area (Å²) in [7, 11) is -3.67. The molecule has 0 aromatic heterocycles. The highest BCUT2D eigenvalue weighted by Gasteiger charge is 2.29. The van der Waals surface area contributed by atoms with Crippen LogP contribution in [0.3, 0.4) is 0 Å². The summed E-state index contributed by atoms with van der Waals surface area (Å²) < 4.78 is 32.6. The lowest BCUT2D eigenvalue weighted by Gasteiger charge is -2.33. The van der Waals surface area contributed by atoms with Crippen molar-refractivity contribution in [2.45, 2.75) is 18.4 Å². The Morgan fingerprint density at radius 1 is 0.882 bits per heavy atom. The maximum atomic E-state index is 12.9. The lowest BCUT2D eigenvalue weighted by Crippen LogP contribution is -2.49. The lowest BCUT2D eigenvalue weighted by atomic mass is 10.1. The van der Waals surface area contributed by atoms with Gasteiger partial charge in [0, 0.05) is 64.0 Å². The Morgan fingerprint density at radius 3 is 2.09 bits per heavy atom. The summed E-state index contributed by atoms with van der Waals surface area (Å²) >= 11 is 0. The van der Waals surface area contributed by atoms with Gasteiger partial charge in [-0.05, 0) is 42.0 Å². The van der Waals surface area contributed by atoms with E-state index in [1.54, 1.807) is 4.90 Å². The molecule has 2 aliphatic heterocycles. The van der Waals surface area contributed by atoms with Crippen LogP contribution in [0.5, 0.6) is 0 Å². The predicted molar refractivity (Wildman–Crippen MR) is 128 cm³/mol. The Hall–Kier alpha value is -2.95. The van der Waals surface area contributed by atoms with E-state index in [9.17, 15) is 18.0 Å². The molecular weight excluding hydrogens is 456 g/mol. The molecule has 0 atom stereocenters. The van der Waals surface area contributed by atoms with Gasteiger partial charge < -0.3 is 19.9 Å². The molecule has 0 unspecified atom stereocenters. The Balaban J connectivity index is 1.32. The van der Waals surface area contributed by atoms with Crippen molar-refractivity contribution in [1.29, 1.82) is 0 Å². The normalized spacial score (nSPS) is 17.4. The molecule has 9 nitrogen and oxygen atoms in total. The maximum absolute atomic E-state index is 12.9. The van der Waals surface area contributed by atoms with Crippen LogP contribution in [-0.2, 0) is 26.1 Å². The van der Waals surface area contributed by atoms with Crippen LogP contribution in [0.25, 0.3) is 0 Å². The number of benzene rings is 2. The second-order valence-corrected chi connectivity index (χ2v) is 10.3. The summed E-state index contributed by atoms with van der Waals surface area (Å²) in [4.78, 5) is 28.1. The fourth-order valence-corrected chi connectivity index (χ4v) is 5.52. The first-order valence-corrected chi connectivity index (χ1v) is 12.8. The lowest BCUT2D eigenvalue weighted by molar-refractivity contribution is -0.129. The van der Waals surface area contributed by atoms with Crippen LogP contribution in [0.2, 0.25) is 0 Å². The predicted octanol–water partition coefficient (Wildman–Crippen LogP) is 1.31. The monoisotopic (exact) mass is 486 g/mol. The largest absolute Gasteiger partial charge is 0.378 e. The topological polar surface area (TPSA) is 99.3 Å². The molecule has 2 amide bonds. The molecule has 10 heteroatoms. The van der Waals surface area contributed by atoms with Crippen molar-refractivity contribution in [3.63, 3.8) is 0 Å². The second kappa shape index (κ2) is 10.5. The van der Waals surface area contributed by atoms with Gasteiger partial charge in [-0.15, -0.1) is 0 Å². The average molecular weight is 487 g/mol. The van der Waals surface area contributed by atoms with Crippen LogP contribution in [0.4, 0.5) is 5.69 Å². The SMILES string of the molecule is CC(=O)N1CCN(S(=O)(=O)c2ccc(C(=O)NCc3ccc(N4CCOCC4)cc3)cc2)CC1. The zero-order valence-corrected chi connectivity index (χ0v) is 20.1. The first-order valence-electron chi connectivity index (χ1n) is 11.4. The third-order valence-corrected chi connectivity index (χ3v) is 8.12. The maximum Gasteiger partial charge on any atom is 0.251 e. The number of amides is 2. The summed E-state index contributed by atoms with van der Waals surface area (Å²) in [5.41, 5.74) is 2.51. The molecule has 0 spiro atoms. The van der Waals surface area contributed by atoms with E-state index in [1.165, 1.54) is 35.5 Å². The smallest absolute Gasteiger partial charge is 0.251 e. The molecule has 2 heterocycles. The van der Waals surface area contributed by atoms with E-state index in [2.05, 4.69) is 10.2 Å². The van der Waals surface area contributed by atoms with Crippen molar-refractivity contribution >= 4 is 27.5 Å². The van der Waals surface area contributed by atoms with Crippen molar-refractivity contribution in [3.05, 3.63) is 59.7 Å². The van der Waals surface area contributed by atoms with E-state index in [0.29, 0.717) is 25.2 Å². The van der Waals surface area contributed by atoms with Crippen LogP contribution in [0.15, 0.2) is 53.4 Å². The zero-order valence-electron chi connectivity index (χ0n) is 19.3. The van der Waals surface area contributed by atoms with Crippen LogP contribution in [0.1, 0.15) is 22.8 Å². The molecule has 4 rings (SSSR count). The minimum Gasteiger partial charge on any atom is -0.378 e. The molecule has 34 heavy (non-hydrogen) atoms. The Kier molecular flexibility index (Phi) is 7.50. The standard InChI is InChI=1S/C24H30N4O5S/c1-19(29)26-10-12-28(13-11-26)34(31,32)23-8-4-21(5-9-23)24(30)25-18-20-2-6-22(7-3-20)27-14-16-33-17-15-27/h2-9H,10-18H2,1H3,(H,25,30). The van der Waals surface area contributed by atoms with E-state index in [-0.39, 0.29) is 29.8 Å². The molecule has 2 aromatic carbocycles. The van der Waals surface area contributed by atoms with Crippen molar-refractivity contribution < 1.29 is 22.7 Å². The van der Waals surface area contributed by atoms with Gasteiger partial charge in [-0.1, -0.05) is 12.1 Å². The highest BCUT2D eigenvalue weighted by atomic mass is 32.2. The number of nitrogens with one attached hydrogen (secondary N) is 1. The summed E-state index contributed by atoms with van der Waals surface area (Å²) in [5, 5.41) is 2.88. The molecule has 0 aliphatic carbocycles. The van der Waals surface area contributed by atoms with Crippen molar-refractivity contribution in [2.75, 3.05) is 57.4 Å². The van der Waals surface area contributed by atoms with Crippen molar-refractivity contribution in [3.8, 4) is 0 Å². The summed E-state index contributed by atoms with van der Waals surface area (Å²) in [6.07, 6.45) is 0. The second-order valence-electron chi connectivity index (χ2n) is 8.38. The quantitative estimate of drug-likeness (QED) is 0.661. The van der Waals surface area contributed by atoms with Gasteiger partial charge in [-0.25, -0.2) is 8.42 Å². The number of piperazine rings is 1. The first-order chi connectivity index (χ1) is 16.3. The Bertz CT molecular complexity index is 1110. The van der Waals surface area contributed by atoms with Crippen molar-refractivity contribution in [2.24, 2.45) is 0 Å². The zero-order chi connectivity index (χ0) is 24.1. The molecule has 1 N–H and O–H groups in total. The van der Waals surface area contributed by atoms with Crippen molar-refractivity contribution in [1.82, 2.24) is 14.5 Å². The van der Waals surface area contributed by atoms with Gasteiger partial charge in [0.15, 0.2) is 0 Å². The van der Waals surface area contributed by atoms with Gasteiger partial charge in [-0.2, -0.15) is 4.31 Å². The van der Waals surface area contributed by atoms with Gasteiger partial charge >= 0.3 is 0 Å². The van der Waals surface area contributed by atoms with Crippen LogP contribution < -0.4 is 10.2 Å². The fourth-order valence-electron chi connectivity index (χ4n) is 4.10. The summed E-state index contributed by atoms with van der Waals surface area (Å²) in [6.45, 7) is 6.33. The summed E-state index contributed by atoms with van der Waals surface area (Å²) in [5.74, 6) is -0.322. The number of nitrogens with zero attached hydrogens (tertiary/aromatic N) is 3. The Labute approximate surface area is 200 Å². The minimum atomic E-state index is -3.67. The van der Waals surface area contributed by atoms with E-state index < -0.39 is 10.0 Å². The van der Waals surface area contributed by atoms with Gasteiger partial charge in [0.05, 0.1) is 18.1 Å². The molecule has 0 radical (unpaired) electrons. The average Bonchev–Trinajstić information content (AvgIpc) is 2.88.